The molecule has 2 unspecified atom stereocenters. The molecule has 3 heteroatoms. The van der Waals surface area contributed by atoms with E-state index in [1.807, 2.05) is 0 Å². The van der Waals surface area contributed by atoms with Gasteiger partial charge in [-0.25, -0.2) is 0 Å². The Bertz CT molecular complexity index is 738. The van der Waals surface area contributed by atoms with Crippen LogP contribution in [0.5, 0.6) is 11.5 Å². The molecular weight excluding hydrogens is 360 g/mol. The van der Waals surface area contributed by atoms with E-state index in [0.717, 1.165) is 50.4 Å². The minimum Gasteiger partial charge on any atom is -0.457 e. The van der Waals surface area contributed by atoms with Crippen LogP contribution in [0.15, 0.2) is 36.4 Å². The van der Waals surface area contributed by atoms with Gasteiger partial charge in [-0.05, 0) is 60.1 Å². The van der Waals surface area contributed by atoms with Gasteiger partial charge >= 0.3 is 0 Å². The lowest BCUT2D eigenvalue weighted by Crippen LogP contribution is -2.05. The van der Waals surface area contributed by atoms with Gasteiger partial charge in [-0.15, -0.1) is 0 Å². The third-order valence-corrected chi connectivity index (χ3v) is 5.94. The number of ether oxygens (including phenoxy) is 3. The smallest absolute Gasteiger partial charge is 0.130 e. The van der Waals surface area contributed by atoms with Crippen molar-refractivity contribution >= 4 is 0 Å². The van der Waals surface area contributed by atoms with E-state index in [1.165, 1.54) is 47.9 Å². The van der Waals surface area contributed by atoms with E-state index in [9.17, 15) is 0 Å². The summed E-state index contributed by atoms with van der Waals surface area (Å²) < 4.78 is 17.6. The summed E-state index contributed by atoms with van der Waals surface area (Å²) in [6.07, 6.45) is 9.65. The van der Waals surface area contributed by atoms with Gasteiger partial charge in [0.05, 0.1) is 25.4 Å². The molecule has 0 N–H and O–H groups in total. The zero-order valence-electron chi connectivity index (χ0n) is 17.9. The maximum Gasteiger partial charge on any atom is 0.130 e. The summed E-state index contributed by atoms with van der Waals surface area (Å²) in [4.78, 5) is 0. The molecule has 3 nitrogen and oxygen atoms in total. The van der Waals surface area contributed by atoms with Gasteiger partial charge in [-0.2, -0.15) is 0 Å². The Balaban J connectivity index is 1.63. The number of benzene rings is 2. The van der Waals surface area contributed by atoms with Crippen molar-refractivity contribution in [2.45, 2.75) is 77.4 Å². The lowest BCUT2D eigenvalue weighted by atomic mass is 9.96. The molecule has 0 aliphatic carbocycles. The highest BCUT2D eigenvalue weighted by Crippen LogP contribution is 2.35. The Labute approximate surface area is 175 Å². The van der Waals surface area contributed by atoms with Gasteiger partial charge in [-0.3, -0.25) is 0 Å². The van der Waals surface area contributed by atoms with Crippen LogP contribution in [-0.4, -0.2) is 25.4 Å². The van der Waals surface area contributed by atoms with Crippen LogP contribution in [0.25, 0.3) is 0 Å². The molecule has 2 saturated heterocycles. The molecule has 2 fully saturated rings. The second-order valence-corrected chi connectivity index (χ2v) is 8.42. The van der Waals surface area contributed by atoms with Crippen molar-refractivity contribution < 1.29 is 14.2 Å². The van der Waals surface area contributed by atoms with Gasteiger partial charge in [0, 0.05) is 12.8 Å². The van der Waals surface area contributed by atoms with Gasteiger partial charge in [-0.1, -0.05) is 51.0 Å². The van der Waals surface area contributed by atoms with Gasteiger partial charge < -0.3 is 14.2 Å². The Kier molecular flexibility index (Phi) is 6.89. The summed E-state index contributed by atoms with van der Waals surface area (Å²) in [7, 11) is 0. The van der Waals surface area contributed by atoms with E-state index < -0.39 is 0 Å². The van der Waals surface area contributed by atoms with E-state index in [0.29, 0.717) is 12.2 Å². The first-order valence-corrected chi connectivity index (χ1v) is 11.4. The predicted molar refractivity (Wildman–Crippen MR) is 117 cm³/mol. The Morgan fingerprint density at radius 3 is 1.59 bits per heavy atom. The van der Waals surface area contributed by atoms with E-state index in [2.05, 4.69) is 50.2 Å². The van der Waals surface area contributed by atoms with Gasteiger partial charge in [0.25, 0.3) is 0 Å². The maximum atomic E-state index is 6.64. The largest absolute Gasteiger partial charge is 0.457 e. The fraction of sp³-hybridized carbons (Fsp3) is 0.538. The van der Waals surface area contributed by atoms with Gasteiger partial charge in [0.1, 0.15) is 11.5 Å². The van der Waals surface area contributed by atoms with Crippen molar-refractivity contribution in [2.24, 2.45) is 0 Å². The summed E-state index contributed by atoms with van der Waals surface area (Å²) >= 11 is 0. The lowest BCUT2D eigenvalue weighted by molar-refractivity contribution is 0.405. The third-order valence-electron chi connectivity index (χ3n) is 5.94. The molecule has 4 rings (SSSR count). The molecular formula is C26H34O3. The molecule has 2 atom stereocenters. The highest BCUT2D eigenvalue weighted by atomic mass is 16.6. The number of epoxide rings is 2. The normalized spacial score (nSPS) is 19.9. The molecule has 0 spiro atoms. The van der Waals surface area contributed by atoms with Crippen LogP contribution in [-0.2, 0) is 35.2 Å². The van der Waals surface area contributed by atoms with Crippen LogP contribution in [0.4, 0.5) is 0 Å². The first kappa shape index (κ1) is 20.4. The average molecular weight is 395 g/mol. The Morgan fingerprint density at radius 2 is 1.21 bits per heavy atom. The predicted octanol–water partition coefficient (Wildman–Crippen LogP) is 6.05. The van der Waals surface area contributed by atoms with E-state index in [1.54, 1.807) is 0 Å². The Hall–Kier alpha value is -1.84. The van der Waals surface area contributed by atoms with Crippen LogP contribution >= 0.6 is 0 Å². The summed E-state index contributed by atoms with van der Waals surface area (Å²) in [6, 6.07) is 13.0. The average Bonchev–Trinajstić information content (AvgIpc) is 3.64. The zero-order chi connectivity index (χ0) is 20.1. The van der Waals surface area contributed by atoms with Crippen molar-refractivity contribution in [3.63, 3.8) is 0 Å². The first-order valence-electron chi connectivity index (χ1n) is 11.4. The molecule has 2 aliphatic rings. The molecule has 2 aromatic carbocycles. The van der Waals surface area contributed by atoms with Crippen LogP contribution in [0, 0.1) is 0 Å². The molecule has 0 aromatic heterocycles. The minimum atomic E-state index is 0.396. The van der Waals surface area contributed by atoms with Gasteiger partial charge in [0.2, 0.25) is 0 Å². The minimum absolute atomic E-state index is 0.396. The molecule has 0 bridgehead atoms. The fourth-order valence-corrected chi connectivity index (χ4v) is 4.05. The summed E-state index contributed by atoms with van der Waals surface area (Å²) in [5, 5.41) is 0. The van der Waals surface area contributed by atoms with Crippen LogP contribution in [0.2, 0.25) is 0 Å². The molecule has 0 radical (unpaired) electrons. The lowest BCUT2D eigenvalue weighted by Gasteiger charge is -2.19. The molecule has 2 heterocycles. The van der Waals surface area contributed by atoms with Crippen molar-refractivity contribution in [1.82, 2.24) is 0 Å². The summed E-state index contributed by atoms with van der Waals surface area (Å²) in [5.41, 5.74) is 5.50. The second-order valence-electron chi connectivity index (χ2n) is 8.42. The van der Waals surface area contributed by atoms with E-state index in [4.69, 9.17) is 14.2 Å². The van der Waals surface area contributed by atoms with Crippen LogP contribution < -0.4 is 4.74 Å². The number of hydrogen-bond donors (Lipinski definition) is 0. The molecule has 29 heavy (non-hydrogen) atoms. The fourth-order valence-electron chi connectivity index (χ4n) is 4.05. The van der Waals surface area contributed by atoms with Crippen molar-refractivity contribution in [1.29, 1.82) is 0 Å². The SMILES string of the molecule is CCCCc1c(CC2CO2)cccc1Oc1cccc(CC2CO2)c1CCCC. The second kappa shape index (κ2) is 9.77. The topological polar surface area (TPSA) is 34.3 Å². The third kappa shape index (κ3) is 5.61. The summed E-state index contributed by atoms with van der Waals surface area (Å²) in [5.74, 6) is 2.04. The number of unbranched alkanes of at least 4 members (excludes halogenated alkanes) is 2. The number of hydrogen-bond acceptors (Lipinski definition) is 3. The molecule has 0 saturated carbocycles. The van der Waals surface area contributed by atoms with Gasteiger partial charge in [0.15, 0.2) is 0 Å². The molecule has 2 aromatic rings. The highest BCUT2D eigenvalue weighted by Gasteiger charge is 2.26. The quantitative estimate of drug-likeness (QED) is 0.411. The van der Waals surface area contributed by atoms with Crippen molar-refractivity contribution in [3.8, 4) is 11.5 Å². The molecule has 0 amide bonds. The zero-order valence-corrected chi connectivity index (χ0v) is 17.9. The maximum absolute atomic E-state index is 6.64. The standard InChI is InChI=1S/C26H34O3/c1-3-5-11-23-19(15-21-17-27-21)9-7-13-25(23)29-26-14-8-10-20(16-22-18-28-22)24(26)12-6-4-2/h7-10,13-14,21-22H,3-6,11-12,15-18H2,1-2H3. The molecule has 156 valence electrons. The molecule has 2 aliphatic heterocycles. The number of rotatable bonds is 12. The van der Waals surface area contributed by atoms with Crippen molar-refractivity contribution in [2.75, 3.05) is 13.2 Å². The first-order chi connectivity index (χ1) is 14.3. The highest BCUT2D eigenvalue weighted by molar-refractivity contribution is 5.47. The van der Waals surface area contributed by atoms with Crippen LogP contribution in [0.1, 0.15) is 61.8 Å². The monoisotopic (exact) mass is 394 g/mol. The van der Waals surface area contributed by atoms with Crippen molar-refractivity contribution in [3.05, 3.63) is 58.7 Å². The Morgan fingerprint density at radius 1 is 0.759 bits per heavy atom. The van der Waals surface area contributed by atoms with E-state index >= 15 is 0 Å². The van der Waals surface area contributed by atoms with Crippen LogP contribution in [0.3, 0.4) is 0 Å². The summed E-state index contributed by atoms with van der Waals surface area (Å²) in [6.45, 7) is 6.29. The van der Waals surface area contributed by atoms with E-state index in [-0.39, 0.29) is 0 Å².